The van der Waals surface area contributed by atoms with Crippen LogP contribution in [0.3, 0.4) is 0 Å². The molecule has 2 amide bonds. The highest BCUT2D eigenvalue weighted by Crippen LogP contribution is 2.24. The van der Waals surface area contributed by atoms with Gasteiger partial charge in [0.15, 0.2) is 5.69 Å². The zero-order valence-corrected chi connectivity index (χ0v) is 19.2. The van der Waals surface area contributed by atoms with Gasteiger partial charge < -0.3 is 0 Å². The molecule has 0 aliphatic rings. The van der Waals surface area contributed by atoms with Crippen molar-refractivity contribution in [2.75, 3.05) is 0 Å². The lowest BCUT2D eigenvalue weighted by atomic mass is 10.1. The van der Waals surface area contributed by atoms with Crippen molar-refractivity contribution in [2.45, 2.75) is 6.54 Å². The largest absolute Gasteiger partial charge is 0.290 e. The fourth-order valence-corrected chi connectivity index (χ4v) is 4.41. The van der Waals surface area contributed by atoms with E-state index in [0.29, 0.717) is 20.7 Å². The van der Waals surface area contributed by atoms with Gasteiger partial charge in [0.2, 0.25) is 0 Å². The van der Waals surface area contributed by atoms with Crippen LogP contribution in [0.5, 0.6) is 0 Å². The van der Waals surface area contributed by atoms with Crippen LogP contribution in [0, 0.1) is 0 Å². The molecule has 0 spiro atoms. The normalized spacial score (nSPS) is 10.7. The topological polar surface area (TPSA) is 106 Å². The lowest BCUT2D eigenvalue weighted by Crippen LogP contribution is -2.42. The van der Waals surface area contributed by atoms with Crippen molar-refractivity contribution in [1.29, 1.82) is 0 Å². The summed E-state index contributed by atoms with van der Waals surface area (Å²) in [4.78, 5) is 43.2. The number of amides is 2. The Hall–Kier alpha value is -4.63. The van der Waals surface area contributed by atoms with E-state index in [1.807, 2.05) is 60.7 Å². The molecule has 0 saturated heterocycles. The molecule has 5 aromatic rings. The summed E-state index contributed by atoms with van der Waals surface area (Å²) in [6.07, 6.45) is 1.46. The molecular weight excluding hydrogens is 462 g/mol. The maximum Gasteiger partial charge on any atom is 0.290 e. The molecule has 5 rings (SSSR count). The number of carbonyl (C=O) groups excluding carboxylic acids is 2. The molecule has 2 heterocycles. The van der Waals surface area contributed by atoms with Crippen LogP contribution in [-0.4, -0.2) is 26.6 Å². The Labute approximate surface area is 203 Å². The zero-order chi connectivity index (χ0) is 24.2. The van der Waals surface area contributed by atoms with Gasteiger partial charge in [0.1, 0.15) is 9.88 Å². The van der Waals surface area contributed by atoms with Gasteiger partial charge in [-0.15, -0.1) is 11.3 Å². The van der Waals surface area contributed by atoms with E-state index in [1.54, 1.807) is 24.3 Å². The minimum Gasteiger partial charge on any atom is -0.267 e. The van der Waals surface area contributed by atoms with Crippen LogP contribution < -0.4 is 16.4 Å². The number of benzene rings is 3. The first kappa shape index (κ1) is 22.2. The first-order valence-corrected chi connectivity index (χ1v) is 11.6. The molecule has 0 atom stereocenters. The number of aromatic nitrogens is 3. The van der Waals surface area contributed by atoms with Crippen molar-refractivity contribution in [3.63, 3.8) is 0 Å². The van der Waals surface area contributed by atoms with Crippen LogP contribution >= 0.6 is 11.3 Å². The summed E-state index contributed by atoms with van der Waals surface area (Å²) in [5, 5.41) is 5.78. The average Bonchev–Trinajstić information content (AvgIpc) is 3.40. The number of rotatable bonds is 5. The van der Waals surface area contributed by atoms with E-state index in [4.69, 9.17) is 0 Å². The highest BCUT2D eigenvalue weighted by atomic mass is 32.1. The summed E-state index contributed by atoms with van der Waals surface area (Å²) < 4.78 is 1.25. The maximum atomic E-state index is 13.0. The summed E-state index contributed by atoms with van der Waals surface area (Å²) >= 11 is 1.21. The van der Waals surface area contributed by atoms with Gasteiger partial charge in [-0.3, -0.25) is 25.2 Å². The minimum absolute atomic E-state index is 0.0331. The van der Waals surface area contributed by atoms with E-state index in [0.717, 1.165) is 11.1 Å². The van der Waals surface area contributed by atoms with Crippen LogP contribution in [0.1, 0.15) is 25.7 Å². The average molecular weight is 482 g/mol. The molecule has 8 nitrogen and oxygen atoms in total. The van der Waals surface area contributed by atoms with Gasteiger partial charge >= 0.3 is 0 Å². The van der Waals surface area contributed by atoms with Crippen molar-refractivity contribution in [2.24, 2.45) is 0 Å². The van der Waals surface area contributed by atoms with Crippen molar-refractivity contribution in [3.05, 3.63) is 118 Å². The van der Waals surface area contributed by atoms with Crippen molar-refractivity contribution in [1.82, 2.24) is 25.6 Å². The number of hydrogen-bond donors (Lipinski definition) is 2. The summed E-state index contributed by atoms with van der Waals surface area (Å²) in [7, 11) is 0. The number of nitrogens with zero attached hydrogens (tertiary/aromatic N) is 3. The van der Waals surface area contributed by atoms with Crippen LogP contribution in [0.15, 0.2) is 95.9 Å². The smallest absolute Gasteiger partial charge is 0.267 e. The molecular formula is C26H19N5O3S. The second kappa shape index (κ2) is 9.70. The van der Waals surface area contributed by atoms with Crippen LogP contribution in [0.4, 0.5) is 0 Å². The van der Waals surface area contributed by atoms with Gasteiger partial charge in [-0.1, -0.05) is 78.9 Å². The first-order valence-electron chi connectivity index (χ1n) is 10.8. The third-order valence-electron chi connectivity index (χ3n) is 5.30. The Kier molecular flexibility index (Phi) is 6.15. The summed E-state index contributed by atoms with van der Waals surface area (Å²) in [6.45, 7) is 0.209. The standard InChI is InChI=1S/C26H19N5O3S/c32-23(21-15-27-25(35-21)18-11-5-2-6-12-18)28-29-24(33)22-19-13-7-8-14-20(19)26(34)31(30-22)16-17-9-3-1-4-10-17/h1-15H,16H2,(H,28,32)(H,29,33). The lowest BCUT2D eigenvalue weighted by molar-refractivity contribution is 0.0845. The fourth-order valence-electron chi connectivity index (χ4n) is 3.59. The van der Waals surface area contributed by atoms with E-state index in [-0.39, 0.29) is 17.8 Å². The molecule has 2 aromatic heterocycles. The summed E-state index contributed by atoms with van der Waals surface area (Å²) in [5.41, 5.74) is 6.33. The number of fused-ring (bicyclic) bond motifs is 1. The van der Waals surface area contributed by atoms with Crippen molar-refractivity contribution < 1.29 is 9.59 Å². The Morgan fingerprint density at radius 3 is 2.17 bits per heavy atom. The molecule has 0 radical (unpaired) electrons. The first-order chi connectivity index (χ1) is 17.1. The second-order valence-corrected chi connectivity index (χ2v) is 8.68. The highest BCUT2D eigenvalue weighted by molar-refractivity contribution is 7.16. The fraction of sp³-hybridized carbons (Fsp3) is 0.0385. The highest BCUT2D eigenvalue weighted by Gasteiger charge is 2.18. The number of hydrazine groups is 1. The SMILES string of the molecule is O=C(NNC(=O)c1nn(Cc2ccccc2)c(=O)c2ccccc12)c1cnc(-c2ccccc2)s1. The van der Waals surface area contributed by atoms with E-state index < -0.39 is 11.8 Å². The molecule has 0 unspecified atom stereocenters. The minimum atomic E-state index is -0.635. The Bertz CT molecular complexity index is 1580. The molecule has 0 bridgehead atoms. The van der Waals surface area contributed by atoms with Gasteiger partial charge in [-0.05, 0) is 11.6 Å². The van der Waals surface area contributed by atoms with Gasteiger partial charge in [-0.25, -0.2) is 9.67 Å². The number of nitrogens with one attached hydrogen (secondary N) is 2. The van der Waals surface area contributed by atoms with Crippen LogP contribution in [0.25, 0.3) is 21.3 Å². The van der Waals surface area contributed by atoms with E-state index >= 15 is 0 Å². The molecule has 35 heavy (non-hydrogen) atoms. The van der Waals surface area contributed by atoms with Crippen molar-refractivity contribution in [3.8, 4) is 10.6 Å². The second-order valence-electron chi connectivity index (χ2n) is 7.65. The van der Waals surface area contributed by atoms with E-state index in [2.05, 4.69) is 20.9 Å². The molecule has 172 valence electrons. The molecule has 0 aliphatic carbocycles. The third-order valence-corrected chi connectivity index (χ3v) is 6.34. The number of hydrogen-bond acceptors (Lipinski definition) is 6. The Morgan fingerprint density at radius 2 is 1.43 bits per heavy atom. The summed E-state index contributed by atoms with van der Waals surface area (Å²) in [5.74, 6) is -1.14. The molecule has 3 aromatic carbocycles. The van der Waals surface area contributed by atoms with Gasteiger partial charge in [0, 0.05) is 10.9 Å². The summed E-state index contributed by atoms with van der Waals surface area (Å²) in [6, 6.07) is 25.6. The van der Waals surface area contributed by atoms with Crippen LogP contribution in [0.2, 0.25) is 0 Å². The van der Waals surface area contributed by atoms with Gasteiger partial charge in [-0.2, -0.15) is 5.10 Å². The Balaban J connectivity index is 1.38. The zero-order valence-electron chi connectivity index (χ0n) is 18.3. The molecule has 0 aliphatic heterocycles. The predicted molar refractivity (Wildman–Crippen MR) is 134 cm³/mol. The number of thiazole rings is 1. The predicted octanol–water partition coefficient (Wildman–Crippen LogP) is 3.64. The van der Waals surface area contributed by atoms with Gasteiger partial charge in [0.25, 0.3) is 17.4 Å². The van der Waals surface area contributed by atoms with Crippen LogP contribution in [-0.2, 0) is 6.54 Å². The lowest BCUT2D eigenvalue weighted by Gasteiger charge is -2.11. The Morgan fingerprint density at radius 1 is 0.800 bits per heavy atom. The molecule has 2 N–H and O–H groups in total. The van der Waals surface area contributed by atoms with E-state index in [1.165, 1.54) is 22.2 Å². The van der Waals surface area contributed by atoms with E-state index in [9.17, 15) is 14.4 Å². The molecule has 9 heteroatoms. The third kappa shape index (κ3) is 4.71. The monoisotopic (exact) mass is 481 g/mol. The van der Waals surface area contributed by atoms with Crippen molar-refractivity contribution >= 4 is 33.9 Å². The quantitative estimate of drug-likeness (QED) is 0.373. The maximum absolute atomic E-state index is 13.0. The number of carbonyl (C=O) groups is 2. The molecule has 0 fully saturated rings. The van der Waals surface area contributed by atoms with Gasteiger partial charge in [0.05, 0.1) is 18.1 Å². The molecule has 0 saturated carbocycles.